The molecule has 50 valence electrons. The van der Waals surface area contributed by atoms with Crippen LogP contribution in [0.4, 0.5) is 0 Å². The molecule has 0 aromatic heterocycles. The molecule has 1 atom stereocenters. The summed E-state index contributed by atoms with van der Waals surface area (Å²) in [6.07, 6.45) is 3.72. The van der Waals surface area contributed by atoms with E-state index in [0.717, 1.165) is 25.1 Å². The summed E-state index contributed by atoms with van der Waals surface area (Å²) in [7, 11) is -0.623. The van der Waals surface area contributed by atoms with Crippen molar-refractivity contribution in [2.24, 2.45) is 5.73 Å². The fraction of sp³-hybridized carbons (Fsp3) is 1.00. The highest BCUT2D eigenvalue weighted by Gasteiger charge is 1.87. The summed E-state index contributed by atoms with van der Waals surface area (Å²) in [5.74, 6) is 0.803. The van der Waals surface area contributed by atoms with Gasteiger partial charge in [-0.25, -0.2) is 0 Å². The minimum absolute atomic E-state index is 0.623. The lowest BCUT2D eigenvalue weighted by atomic mass is 10.3. The van der Waals surface area contributed by atoms with Gasteiger partial charge in [-0.15, -0.1) is 0 Å². The van der Waals surface area contributed by atoms with E-state index in [4.69, 9.17) is 5.73 Å². The molecule has 0 saturated carbocycles. The summed E-state index contributed by atoms with van der Waals surface area (Å²) in [6.45, 7) is 0.719. The standard InChI is InChI=1S/C5H13NOS/c1-8(7)5-3-2-4-6/h2-6H2,1H3/t8-/m0/s1. The predicted octanol–water partition coefficient (Wildman–Crippen LogP) is 0.104. The second kappa shape index (κ2) is 5.25. The molecular formula is C5H13NOS. The van der Waals surface area contributed by atoms with Crippen LogP contribution in [0.15, 0.2) is 0 Å². The molecule has 2 N–H and O–H groups in total. The maximum absolute atomic E-state index is 10.4. The van der Waals surface area contributed by atoms with Crippen LogP contribution >= 0.6 is 0 Å². The quantitative estimate of drug-likeness (QED) is 0.556. The normalized spacial score (nSPS) is 13.8. The van der Waals surface area contributed by atoms with Gasteiger partial charge in [0.1, 0.15) is 0 Å². The third-order valence-corrected chi connectivity index (χ3v) is 1.75. The van der Waals surface area contributed by atoms with Crippen LogP contribution in [0.5, 0.6) is 0 Å². The number of rotatable bonds is 4. The van der Waals surface area contributed by atoms with E-state index in [0.29, 0.717) is 0 Å². The molecule has 0 unspecified atom stereocenters. The van der Waals surface area contributed by atoms with Gasteiger partial charge in [0.15, 0.2) is 0 Å². The minimum Gasteiger partial charge on any atom is -0.330 e. The van der Waals surface area contributed by atoms with Crippen LogP contribution in [0.1, 0.15) is 12.8 Å². The topological polar surface area (TPSA) is 43.1 Å². The molecule has 0 rings (SSSR count). The Morgan fingerprint density at radius 2 is 2.12 bits per heavy atom. The van der Waals surface area contributed by atoms with Crippen LogP contribution in [0.25, 0.3) is 0 Å². The summed E-state index contributed by atoms with van der Waals surface area (Å²) in [5.41, 5.74) is 5.22. The largest absolute Gasteiger partial charge is 0.330 e. The second-order valence-electron chi connectivity index (χ2n) is 1.77. The van der Waals surface area contributed by atoms with Crippen LogP contribution in [0.3, 0.4) is 0 Å². The lowest BCUT2D eigenvalue weighted by molar-refractivity contribution is 0.682. The molecule has 0 spiro atoms. The first-order chi connectivity index (χ1) is 3.77. The highest BCUT2D eigenvalue weighted by atomic mass is 32.2. The summed E-state index contributed by atoms with van der Waals surface area (Å²) in [6, 6.07) is 0. The molecule has 0 aromatic rings. The number of unbranched alkanes of at least 4 members (excludes halogenated alkanes) is 1. The third-order valence-electron chi connectivity index (χ3n) is 0.886. The molecule has 3 heteroatoms. The zero-order valence-electron chi connectivity index (χ0n) is 5.22. The van der Waals surface area contributed by atoms with E-state index < -0.39 is 10.8 Å². The molecule has 0 fully saturated rings. The van der Waals surface area contributed by atoms with E-state index in [2.05, 4.69) is 0 Å². The fourth-order valence-electron chi connectivity index (χ4n) is 0.450. The highest BCUT2D eigenvalue weighted by molar-refractivity contribution is 7.84. The Hall–Kier alpha value is 0.110. The molecule has 0 radical (unpaired) electrons. The van der Waals surface area contributed by atoms with E-state index in [1.165, 1.54) is 0 Å². The molecule has 8 heavy (non-hydrogen) atoms. The Morgan fingerprint density at radius 3 is 2.50 bits per heavy atom. The van der Waals surface area contributed by atoms with Gasteiger partial charge in [0.25, 0.3) is 0 Å². The van der Waals surface area contributed by atoms with Crippen molar-refractivity contribution in [1.82, 2.24) is 0 Å². The first kappa shape index (κ1) is 8.11. The molecular weight excluding hydrogens is 122 g/mol. The summed E-state index contributed by atoms with van der Waals surface area (Å²) >= 11 is 0. The molecule has 0 heterocycles. The van der Waals surface area contributed by atoms with E-state index in [1.807, 2.05) is 0 Å². The Morgan fingerprint density at radius 1 is 1.50 bits per heavy atom. The van der Waals surface area contributed by atoms with Crippen LogP contribution < -0.4 is 5.73 Å². The SMILES string of the molecule is C[S@](=O)CCCCN. The first-order valence-corrected chi connectivity index (χ1v) is 4.50. The smallest absolute Gasteiger partial charge is 0.0232 e. The Labute approximate surface area is 52.9 Å². The van der Waals surface area contributed by atoms with E-state index in [1.54, 1.807) is 6.26 Å². The van der Waals surface area contributed by atoms with Gasteiger partial charge < -0.3 is 5.73 Å². The van der Waals surface area contributed by atoms with Crippen molar-refractivity contribution < 1.29 is 4.21 Å². The number of hydrogen-bond acceptors (Lipinski definition) is 2. The molecule has 0 aliphatic carbocycles. The van der Waals surface area contributed by atoms with Gasteiger partial charge in [0, 0.05) is 22.8 Å². The van der Waals surface area contributed by atoms with Gasteiger partial charge >= 0.3 is 0 Å². The molecule has 0 aromatic carbocycles. The van der Waals surface area contributed by atoms with Crippen LogP contribution in [-0.2, 0) is 10.8 Å². The Balaban J connectivity index is 2.82. The highest BCUT2D eigenvalue weighted by Crippen LogP contribution is 1.86. The molecule has 0 amide bonds. The predicted molar refractivity (Wildman–Crippen MR) is 37.2 cm³/mol. The van der Waals surface area contributed by atoms with E-state index >= 15 is 0 Å². The number of nitrogens with two attached hydrogens (primary N) is 1. The Bertz CT molecular complexity index is 74.8. The molecule has 0 aliphatic rings. The van der Waals surface area contributed by atoms with Gasteiger partial charge in [0.2, 0.25) is 0 Å². The van der Waals surface area contributed by atoms with Crippen LogP contribution in [-0.4, -0.2) is 22.8 Å². The van der Waals surface area contributed by atoms with Gasteiger partial charge in [-0.1, -0.05) is 0 Å². The minimum atomic E-state index is -0.623. The maximum atomic E-state index is 10.4. The van der Waals surface area contributed by atoms with Crippen molar-refractivity contribution in [2.75, 3.05) is 18.6 Å². The van der Waals surface area contributed by atoms with Gasteiger partial charge in [0.05, 0.1) is 0 Å². The van der Waals surface area contributed by atoms with Gasteiger partial charge in [-0.2, -0.15) is 0 Å². The summed E-state index contributed by atoms with van der Waals surface area (Å²) in [4.78, 5) is 0. The van der Waals surface area contributed by atoms with Crippen LogP contribution in [0, 0.1) is 0 Å². The zero-order valence-corrected chi connectivity index (χ0v) is 6.04. The average molecular weight is 135 g/mol. The molecule has 0 aliphatic heterocycles. The second-order valence-corrected chi connectivity index (χ2v) is 3.33. The number of hydrogen-bond donors (Lipinski definition) is 1. The van der Waals surface area contributed by atoms with Crippen LogP contribution in [0.2, 0.25) is 0 Å². The van der Waals surface area contributed by atoms with Crippen molar-refractivity contribution in [2.45, 2.75) is 12.8 Å². The molecule has 0 bridgehead atoms. The van der Waals surface area contributed by atoms with E-state index in [9.17, 15) is 4.21 Å². The Kier molecular flexibility index (Phi) is 5.32. The van der Waals surface area contributed by atoms with Crippen molar-refractivity contribution in [3.8, 4) is 0 Å². The monoisotopic (exact) mass is 135 g/mol. The van der Waals surface area contributed by atoms with Crippen molar-refractivity contribution >= 4 is 10.8 Å². The average Bonchev–Trinajstić information content (AvgIpc) is 1.66. The van der Waals surface area contributed by atoms with Crippen molar-refractivity contribution in [3.05, 3.63) is 0 Å². The molecule has 0 saturated heterocycles. The lowest BCUT2D eigenvalue weighted by Gasteiger charge is -1.91. The van der Waals surface area contributed by atoms with Gasteiger partial charge in [-0.05, 0) is 19.4 Å². The van der Waals surface area contributed by atoms with Gasteiger partial charge in [-0.3, -0.25) is 4.21 Å². The summed E-state index contributed by atoms with van der Waals surface area (Å²) in [5, 5.41) is 0. The fourth-order valence-corrected chi connectivity index (χ4v) is 1.06. The first-order valence-electron chi connectivity index (χ1n) is 2.77. The van der Waals surface area contributed by atoms with Crippen molar-refractivity contribution in [1.29, 1.82) is 0 Å². The summed E-state index contributed by atoms with van der Waals surface area (Å²) < 4.78 is 10.4. The van der Waals surface area contributed by atoms with Crippen molar-refractivity contribution in [3.63, 3.8) is 0 Å². The lowest BCUT2D eigenvalue weighted by Crippen LogP contribution is -2.01. The van der Waals surface area contributed by atoms with E-state index in [-0.39, 0.29) is 0 Å². The third kappa shape index (κ3) is 6.11. The zero-order chi connectivity index (χ0) is 6.41. The maximum Gasteiger partial charge on any atom is 0.0232 e. The molecule has 2 nitrogen and oxygen atoms in total.